The zero-order chi connectivity index (χ0) is 21.1. The van der Waals surface area contributed by atoms with Crippen molar-refractivity contribution in [1.29, 1.82) is 0 Å². The van der Waals surface area contributed by atoms with Crippen LogP contribution in [0.1, 0.15) is 88.7 Å². The Morgan fingerprint density at radius 1 is 0.933 bits per heavy atom. The van der Waals surface area contributed by atoms with Gasteiger partial charge in [-0.3, -0.25) is 0 Å². The highest BCUT2D eigenvalue weighted by atomic mass is 32.1. The Labute approximate surface area is 184 Å². The molecule has 0 radical (unpaired) electrons. The highest BCUT2D eigenvalue weighted by Gasteiger charge is 2.23. The SMILES string of the molecule is CCCCCC1CCC(c2ccc3c(c2)c(=S)oc2c(F)c(CCC)ccc23)CC1. The summed E-state index contributed by atoms with van der Waals surface area (Å²) in [7, 11) is 0. The van der Waals surface area contributed by atoms with Crippen molar-refractivity contribution in [2.24, 2.45) is 5.92 Å². The Morgan fingerprint density at radius 2 is 1.70 bits per heavy atom. The molecule has 1 saturated carbocycles. The summed E-state index contributed by atoms with van der Waals surface area (Å²) in [5.74, 6) is 1.25. The van der Waals surface area contributed by atoms with Gasteiger partial charge >= 0.3 is 0 Å². The van der Waals surface area contributed by atoms with E-state index in [0.717, 1.165) is 28.5 Å². The van der Waals surface area contributed by atoms with Crippen molar-refractivity contribution in [1.82, 2.24) is 0 Å². The molecule has 1 aromatic heterocycles. The molecule has 0 amide bonds. The van der Waals surface area contributed by atoms with E-state index in [1.165, 1.54) is 56.9 Å². The van der Waals surface area contributed by atoms with Gasteiger partial charge in [0, 0.05) is 10.8 Å². The molecule has 0 N–H and O–H groups in total. The van der Waals surface area contributed by atoms with Gasteiger partial charge in [-0.15, -0.1) is 0 Å². The smallest absolute Gasteiger partial charge is 0.198 e. The van der Waals surface area contributed by atoms with E-state index in [0.29, 0.717) is 28.2 Å². The lowest BCUT2D eigenvalue weighted by Gasteiger charge is -2.29. The molecule has 0 atom stereocenters. The average molecular weight is 425 g/mol. The molecule has 1 nitrogen and oxygen atoms in total. The first kappa shape index (κ1) is 21.5. The van der Waals surface area contributed by atoms with E-state index in [2.05, 4.69) is 32.0 Å². The quantitative estimate of drug-likeness (QED) is 0.213. The molecule has 1 heterocycles. The van der Waals surface area contributed by atoms with Crippen LogP contribution in [0.4, 0.5) is 4.39 Å². The second-order valence-electron chi connectivity index (χ2n) is 9.07. The van der Waals surface area contributed by atoms with Crippen molar-refractivity contribution in [3.63, 3.8) is 0 Å². The Kier molecular flexibility index (Phi) is 6.87. The van der Waals surface area contributed by atoms with E-state index in [-0.39, 0.29) is 5.82 Å². The fraction of sp³-hybridized carbons (Fsp3) is 0.519. The molecule has 1 aliphatic carbocycles. The number of hydrogen-bond acceptors (Lipinski definition) is 2. The van der Waals surface area contributed by atoms with Crippen LogP contribution in [-0.2, 0) is 6.42 Å². The second-order valence-corrected chi connectivity index (χ2v) is 9.44. The first-order chi connectivity index (χ1) is 14.6. The van der Waals surface area contributed by atoms with Crippen LogP contribution in [0.25, 0.3) is 21.7 Å². The van der Waals surface area contributed by atoms with Crippen LogP contribution in [0.2, 0.25) is 0 Å². The third kappa shape index (κ3) is 4.32. The zero-order valence-electron chi connectivity index (χ0n) is 18.3. The third-order valence-corrected chi connectivity index (χ3v) is 7.28. The van der Waals surface area contributed by atoms with Crippen molar-refractivity contribution in [3.8, 4) is 0 Å². The summed E-state index contributed by atoms with van der Waals surface area (Å²) in [6, 6.07) is 10.5. The number of unbranched alkanes of at least 4 members (excludes halogenated alkanes) is 2. The molecule has 160 valence electrons. The second kappa shape index (κ2) is 9.60. The first-order valence-corrected chi connectivity index (χ1v) is 12.2. The van der Waals surface area contributed by atoms with Gasteiger partial charge in [-0.1, -0.05) is 70.2 Å². The van der Waals surface area contributed by atoms with Crippen molar-refractivity contribution in [3.05, 3.63) is 52.0 Å². The molecule has 3 heteroatoms. The van der Waals surface area contributed by atoms with Gasteiger partial charge in [0.25, 0.3) is 0 Å². The lowest BCUT2D eigenvalue weighted by Crippen LogP contribution is -2.13. The van der Waals surface area contributed by atoms with E-state index in [1.54, 1.807) is 0 Å². The molecule has 2 aromatic carbocycles. The van der Waals surface area contributed by atoms with E-state index in [1.807, 2.05) is 12.1 Å². The summed E-state index contributed by atoms with van der Waals surface area (Å²) in [5.41, 5.74) is 2.37. The normalized spacial score (nSPS) is 19.6. The predicted octanol–water partition coefficient (Wildman–Crippen LogP) is 9.26. The number of hydrogen-bond donors (Lipinski definition) is 0. The maximum atomic E-state index is 14.9. The minimum atomic E-state index is -0.257. The molecular weight excluding hydrogens is 391 g/mol. The molecule has 0 unspecified atom stereocenters. The van der Waals surface area contributed by atoms with Gasteiger partial charge in [0.05, 0.1) is 0 Å². The van der Waals surface area contributed by atoms with Crippen LogP contribution in [0, 0.1) is 16.4 Å². The Morgan fingerprint density at radius 3 is 2.43 bits per heavy atom. The first-order valence-electron chi connectivity index (χ1n) is 11.8. The van der Waals surface area contributed by atoms with E-state index in [9.17, 15) is 4.39 Å². The largest absolute Gasteiger partial charge is 0.441 e. The van der Waals surface area contributed by atoms with Crippen LogP contribution < -0.4 is 0 Å². The van der Waals surface area contributed by atoms with Gasteiger partial charge in [-0.05, 0) is 78.7 Å². The van der Waals surface area contributed by atoms with Crippen molar-refractivity contribution < 1.29 is 8.81 Å². The fourth-order valence-electron chi connectivity index (χ4n) is 5.21. The number of benzene rings is 2. The summed E-state index contributed by atoms with van der Waals surface area (Å²) in [5, 5.41) is 2.77. The standard InChI is InChI=1S/C27H33FOS/c1-3-5-6-8-18-9-11-19(12-10-18)21-14-15-22-23-16-13-20(7-4-2)25(28)26(23)29-27(30)24(22)17-21/h13-19H,3-12H2,1-2H3. The summed E-state index contributed by atoms with van der Waals surface area (Å²) < 4.78 is 21.2. The lowest BCUT2D eigenvalue weighted by molar-refractivity contribution is 0.303. The number of rotatable bonds is 7. The molecular formula is C27H33FOS. The number of aryl methyl sites for hydroxylation is 1. The monoisotopic (exact) mass is 424 g/mol. The van der Waals surface area contributed by atoms with Crippen LogP contribution in [0.3, 0.4) is 0 Å². The molecule has 0 saturated heterocycles. The van der Waals surface area contributed by atoms with Crippen LogP contribution in [-0.4, -0.2) is 0 Å². The molecule has 0 bridgehead atoms. The van der Waals surface area contributed by atoms with Gasteiger partial charge in [-0.25, -0.2) is 4.39 Å². The third-order valence-electron chi connectivity index (χ3n) is 6.98. The van der Waals surface area contributed by atoms with Gasteiger partial charge in [0.1, 0.15) is 0 Å². The Balaban J connectivity index is 1.61. The average Bonchev–Trinajstić information content (AvgIpc) is 2.77. The van der Waals surface area contributed by atoms with Crippen LogP contribution in [0.15, 0.2) is 34.7 Å². The highest BCUT2D eigenvalue weighted by Crippen LogP contribution is 2.39. The van der Waals surface area contributed by atoms with Crippen molar-refractivity contribution >= 4 is 34.0 Å². The molecule has 4 rings (SSSR count). The van der Waals surface area contributed by atoms with E-state index in [4.69, 9.17) is 16.6 Å². The topological polar surface area (TPSA) is 13.1 Å². The van der Waals surface area contributed by atoms with Gasteiger partial charge in [-0.2, -0.15) is 0 Å². The molecule has 30 heavy (non-hydrogen) atoms. The molecule has 0 aliphatic heterocycles. The highest BCUT2D eigenvalue weighted by molar-refractivity contribution is 7.71. The molecule has 3 aromatic rings. The zero-order valence-corrected chi connectivity index (χ0v) is 19.1. The number of halogens is 1. The lowest BCUT2D eigenvalue weighted by atomic mass is 9.77. The summed E-state index contributed by atoms with van der Waals surface area (Å²) >= 11 is 5.55. The van der Waals surface area contributed by atoms with Crippen LogP contribution in [0.5, 0.6) is 0 Å². The van der Waals surface area contributed by atoms with Gasteiger partial charge in [0.2, 0.25) is 0 Å². The minimum absolute atomic E-state index is 0.257. The predicted molar refractivity (Wildman–Crippen MR) is 127 cm³/mol. The summed E-state index contributed by atoms with van der Waals surface area (Å²) in [6.45, 7) is 4.33. The minimum Gasteiger partial charge on any atom is -0.441 e. The maximum Gasteiger partial charge on any atom is 0.198 e. The van der Waals surface area contributed by atoms with Crippen molar-refractivity contribution in [2.75, 3.05) is 0 Å². The van der Waals surface area contributed by atoms with Gasteiger partial charge in [0.15, 0.2) is 16.1 Å². The molecule has 0 spiro atoms. The molecule has 1 aliphatic rings. The Bertz CT molecular complexity index is 1080. The Hall–Kier alpha value is -1.74. The maximum absolute atomic E-state index is 14.9. The van der Waals surface area contributed by atoms with Crippen molar-refractivity contribution in [2.45, 2.75) is 84.0 Å². The van der Waals surface area contributed by atoms with E-state index >= 15 is 0 Å². The molecule has 1 fully saturated rings. The number of fused-ring (bicyclic) bond motifs is 3. The summed E-state index contributed by atoms with van der Waals surface area (Å²) in [4.78, 5) is 0. The van der Waals surface area contributed by atoms with Gasteiger partial charge < -0.3 is 4.42 Å². The van der Waals surface area contributed by atoms with E-state index < -0.39 is 0 Å². The fourth-order valence-corrected chi connectivity index (χ4v) is 5.46. The summed E-state index contributed by atoms with van der Waals surface area (Å²) in [6.07, 6.45) is 12.2. The van der Waals surface area contributed by atoms with Crippen LogP contribution >= 0.6 is 12.2 Å².